The fourth-order valence-electron chi connectivity index (χ4n) is 2.87. The van der Waals surface area contributed by atoms with Gasteiger partial charge in [-0.1, -0.05) is 31.2 Å². The molecule has 7 heteroatoms. The van der Waals surface area contributed by atoms with Gasteiger partial charge in [0.1, 0.15) is 0 Å². The molecular formula is C20H25N3O4. The number of hydrogen-bond acceptors (Lipinski definition) is 5. The van der Waals surface area contributed by atoms with Gasteiger partial charge in [-0.25, -0.2) is 0 Å². The highest BCUT2D eigenvalue weighted by molar-refractivity contribution is 5.92. The molecule has 0 atom stereocenters. The van der Waals surface area contributed by atoms with Gasteiger partial charge in [0.15, 0.2) is 5.75 Å². The Balaban J connectivity index is 2.09. The van der Waals surface area contributed by atoms with Crippen molar-refractivity contribution in [3.63, 3.8) is 0 Å². The molecule has 0 spiro atoms. The number of methoxy groups -OCH3 is 1. The number of benzene rings is 2. The number of ether oxygens (including phenoxy) is 1. The standard InChI is InChI=1S/C20H25N3O4/c1-4-11-22(14-20(24)21-17-8-6-5-7-15(17)2)13-16-9-10-19(27-3)18(12-16)23(25)26/h5-10,12H,4,11,13-14H2,1-3H3,(H,21,24). The van der Waals surface area contributed by atoms with Gasteiger partial charge in [-0.15, -0.1) is 0 Å². The maximum absolute atomic E-state index is 12.4. The molecule has 0 aliphatic heterocycles. The molecule has 2 rings (SSSR count). The summed E-state index contributed by atoms with van der Waals surface area (Å²) in [6.45, 7) is 5.33. The van der Waals surface area contributed by atoms with Crippen molar-refractivity contribution in [2.75, 3.05) is 25.5 Å². The molecule has 0 unspecified atom stereocenters. The third-order valence-corrected chi connectivity index (χ3v) is 4.17. The van der Waals surface area contributed by atoms with E-state index >= 15 is 0 Å². The summed E-state index contributed by atoms with van der Waals surface area (Å²) >= 11 is 0. The van der Waals surface area contributed by atoms with Crippen LogP contribution in [0.3, 0.4) is 0 Å². The van der Waals surface area contributed by atoms with Crippen LogP contribution >= 0.6 is 0 Å². The van der Waals surface area contributed by atoms with E-state index in [2.05, 4.69) is 5.32 Å². The lowest BCUT2D eigenvalue weighted by Crippen LogP contribution is -2.33. The molecule has 0 aliphatic rings. The minimum atomic E-state index is -0.461. The van der Waals surface area contributed by atoms with Crippen LogP contribution in [0.2, 0.25) is 0 Å². The number of nitro benzene ring substituents is 1. The number of nitrogens with one attached hydrogen (secondary N) is 1. The Morgan fingerprint density at radius 2 is 2.00 bits per heavy atom. The summed E-state index contributed by atoms with van der Waals surface area (Å²) in [5, 5.41) is 14.1. The molecular weight excluding hydrogens is 346 g/mol. The van der Waals surface area contributed by atoms with Gasteiger partial charge in [-0.05, 0) is 43.1 Å². The van der Waals surface area contributed by atoms with Gasteiger partial charge in [-0.3, -0.25) is 19.8 Å². The van der Waals surface area contributed by atoms with Crippen LogP contribution in [0.1, 0.15) is 24.5 Å². The number of nitrogens with zero attached hydrogens (tertiary/aromatic N) is 2. The number of carbonyl (C=O) groups is 1. The molecule has 0 saturated carbocycles. The number of anilines is 1. The number of para-hydroxylation sites is 1. The molecule has 144 valence electrons. The topological polar surface area (TPSA) is 84.7 Å². The van der Waals surface area contributed by atoms with Crippen molar-refractivity contribution in [1.29, 1.82) is 0 Å². The number of aryl methyl sites for hydroxylation is 1. The van der Waals surface area contributed by atoms with Gasteiger partial charge in [0.05, 0.1) is 18.6 Å². The summed E-state index contributed by atoms with van der Waals surface area (Å²) < 4.78 is 5.04. The smallest absolute Gasteiger partial charge is 0.311 e. The number of nitro groups is 1. The molecule has 0 aliphatic carbocycles. The summed E-state index contributed by atoms with van der Waals surface area (Å²) in [5.41, 5.74) is 2.48. The molecule has 0 saturated heterocycles. The average Bonchev–Trinajstić information content (AvgIpc) is 2.63. The first-order valence-corrected chi connectivity index (χ1v) is 8.83. The van der Waals surface area contributed by atoms with Crippen LogP contribution in [0, 0.1) is 17.0 Å². The zero-order chi connectivity index (χ0) is 19.8. The number of rotatable bonds is 9. The summed E-state index contributed by atoms with van der Waals surface area (Å²) in [6.07, 6.45) is 0.871. The van der Waals surface area contributed by atoms with Crippen LogP contribution in [0.15, 0.2) is 42.5 Å². The first-order valence-electron chi connectivity index (χ1n) is 8.83. The predicted octanol–water partition coefficient (Wildman–Crippen LogP) is 3.76. The molecule has 1 N–H and O–H groups in total. The highest BCUT2D eigenvalue weighted by Gasteiger charge is 2.17. The Morgan fingerprint density at radius 3 is 2.63 bits per heavy atom. The Bertz CT molecular complexity index is 808. The van der Waals surface area contributed by atoms with Crippen molar-refractivity contribution < 1.29 is 14.5 Å². The molecule has 1 amide bonds. The zero-order valence-corrected chi connectivity index (χ0v) is 15.9. The first-order chi connectivity index (χ1) is 12.9. The van der Waals surface area contributed by atoms with Crippen molar-refractivity contribution in [3.8, 4) is 5.75 Å². The number of hydrogen-bond donors (Lipinski definition) is 1. The van der Waals surface area contributed by atoms with Crippen molar-refractivity contribution in [2.45, 2.75) is 26.8 Å². The molecule has 7 nitrogen and oxygen atoms in total. The molecule has 0 bridgehead atoms. The van der Waals surface area contributed by atoms with Crippen LogP contribution in [0.4, 0.5) is 11.4 Å². The second-order valence-corrected chi connectivity index (χ2v) is 6.34. The molecule has 2 aromatic rings. The van der Waals surface area contributed by atoms with Gasteiger partial charge >= 0.3 is 5.69 Å². The first kappa shape index (κ1) is 20.4. The van der Waals surface area contributed by atoms with Crippen molar-refractivity contribution in [2.24, 2.45) is 0 Å². The minimum absolute atomic E-state index is 0.0733. The van der Waals surface area contributed by atoms with E-state index < -0.39 is 4.92 Å². The highest BCUT2D eigenvalue weighted by Crippen LogP contribution is 2.28. The van der Waals surface area contributed by atoms with E-state index in [9.17, 15) is 14.9 Å². The van der Waals surface area contributed by atoms with Crippen molar-refractivity contribution >= 4 is 17.3 Å². The van der Waals surface area contributed by atoms with E-state index in [0.29, 0.717) is 13.1 Å². The largest absolute Gasteiger partial charge is 0.490 e. The van der Waals surface area contributed by atoms with Crippen LogP contribution in [-0.4, -0.2) is 35.9 Å². The quantitative estimate of drug-likeness (QED) is 0.536. The minimum Gasteiger partial charge on any atom is -0.490 e. The Kier molecular flexibility index (Phi) is 7.31. The van der Waals surface area contributed by atoms with Gasteiger partial charge in [-0.2, -0.15) is 0 Å². The van der Waals surface area contributed by atoms with Crippen LogP contribution in [-0.2, 0) is 11.3 Å². The molecule has 0 fully saturated rings. The predicted molar refractivity (Wildman–Crippen MR) is 105 cm³/mol. The second-order valence-electron chi connectivity index (χ2n) is 6.34. The number of carbonyl (C=O) groups excluding carboxylic acids is 1. The van der Waals surface area contributed by atoms with Gasteiger partial charge in [0.2, 0.25) is 5.91 Å². The molecule has 0 aromatic heterocycles. The van der Waals surface area contributed by atoms with Gasteiger partial charge < -0.3 is 10.1 Å². The average molecular weight is 371 g/mol. The monoisotopic (exact) mass is 371 g/mol. The summed E-state index contributed by atoms with van der Waals surface area (Å²) in [7, 11) is 1.40. The third kappa shape index (κ3) is 5.79. The summed E-state index contributed by atoms with van der Waals surface area (Å²) in [5.74, 6) is 0.115. The Hall–Kier alpha value is -2.93. The third-order valence-electron chi connectivity index (χ3n) is 4.17. The highest BCUT2D eigenvalue weighted by atomic mass is 16.6. The van der Waals surface area contributed by atoms with Crippen molar-refractivity contribution in [3.05, 3.63) is 63.7 Å². The summed E-state index contributed by atoms with van der Waals surface area (Å²) in [4.78, 5) is 25.2. The van der Waals surface area contributed by atoms with Gasteiger partial charge in [0, 0.05) is 18.3 Å². The van der Waals surface area contributed by atoms with Crippen LogP contribution in [0.25, 0.3) is 0 Å². The van der Waals surface area contributed by atoms with E-state index in [1.165, 1.54) is 13.2 Å². The summed E-state index contributed by atoms with van der Waals surface area (Å²) in [6, 6.07) is 12.5. The van der Waals surface area contributed by atoms with E-state index in [-0.39, 0.29) is 23.9 Å². The van der Waals surface area contributed by atoms with Crippen LogP contribution in [0.5, 0.6) is 5.75 Å². The van der Waals surface area contributed by atoms with Crippen molar-refractivity contribution in [1.82, 2.24) is 4.90 Å². The van der Waals surface area contributed by atoms with Gasteiger partial charge in [0.25, 0.3) is 0 Å². The Labute approximate surface area is 159 Å². The SMILES string of the molecule is CCCN(CC(=O)Nc1ccccc1C)Cc1ccc(OC)c([N+](=O)[O-])c1. The van der Waals surface area contributed by atoms with Crippen LogP contribution < -0.4 is 10.1 Å². The van der Waals surface area contributed by atoms with E-state index in [0.717, 1.165) is 23.2 Å². The van der Waals surface area contributed by atoms with E-state index in [1.54, 1.807) is 12.1 Å². The molecule has 2 aromatic carbocycles. The van der Waals surface area contributed by atoms with E-state index in [4.69, 9.17) is 4.74 Å². The lowest BCUT2D eigenvalue weighted by molar-refractivity contribution is -0.385. The fourth-order valence-corrected chi connectivity index (χ4v) is 2.87. The molecule has 0 radical (unpaired) electrons. The normalized spacial score (nSPS) is 10.7. The lowest BCUT2D eigenvalue weighted by Gasteiger charge is -2.21. The zero-order valence-electron chi connectivity index (χ0n) is 15.9. The maximum atomic E-state index is 12.4. The maximum Gasteiger partial charge on any atom is 0.311 e. The fraction of sp³-hybridized carbons (Fsp3) is 0.350. The van der Waals surface area contributed by atoms with E-state index in [1.807, 2.05) is 43.0 Å². The lowest BCUT2D eigenvalue weighted by atomic mass is 10.1. The second kappa shape index (κ2) is 9.68. The molecule has 0 heterocycles. The number of amides is 1. The molecule has 27 heavy (non-hydrogen) atoms. The Morgan fingerprint density at radius 1 is 1.26 bits per heavy atom.